The molecule has 2 heterocycles. The quantitative estimate of drug-likeness (QED) is 0.0262. The molecule has 30 heteroatoms. The van der Waals surface area contributed by atoms with Crippen molar-refractivity contribution in [2.24, 2.45) is 29.0 Å². The molecule has 0 saturated heterocycles. The van der Waals surface area contributed by atoms with Gasteiger partial charge in [0, 0.05) is 48.3 Å². The number of para-hydroxylation sites is 1. The number of carbonyl (C=O) groups excluding carboxylic acids is 12. The van der Waals surface area contributed by atoms with Crippen molar-refractivity contribution < 1.29 is 62.6 Å². The molecular formula is C50H76N16O13S. The number of imidazole rings is 1. The monoisotopic (exact) mass is 1140 g/mol. The van der Waals surface area contributed by atoms with E-state index < -0.39 is 158 Å². The number of fused-ring (bicyclic) bond motifs is 1. The largest absolute Gasteiger partial charge is 0.394 e. The first-order chi connectivity index (χ1) is 37.9. The summed E-state index contributed by atoms with van der Waals surface area (Å²) in [5.74, 6) is -10.1. The van der Waals surface area contributed by atoms with E-state index in [4.69, 9.17) is 17.2 Å². The van der Waals surface area contributed by atoms with Crippen LogP contribution in [0.15, 0.2) is 43.0 Å². The van der Waals surface area contributed by atoms with E-state index in [9.17, 15) is 62.6 Å². The number of hydrogen-bond donors (Lipinski definition) is 16. The van der Waals surface area contributed by atoms with Gasteiger partial charge in [0.2, 0.25) is 70.9 Å². The van der Waals surface area contributed by atoms with Gasteiger partial charge in [-0.15, -0.1) is 0 Å². The van der Waals surface area contributed by atoms with E-state index in [1.54, 1.807) is 44.3 Å². The van der Waals surface area contributed by atoms with Crippen LogP contribution in [0.5, 0.6) is 0 Å². The smallest absolute Gasteiger partial charge is 0.245 e. The molecule has 29 nitrogen and oxygen atoms in total. The number of H-pyrrole nitrogens is 2. The maximum absolute atomic E-state index is 14.2. The van der Waals surface area contributed by atoms with Gasteiger partial charge in [0.15, 0.2) is 0 Å². The summed E-state index contributed by atoms with van der Waals surface area (Å²) in [6.07, 6.45) is 5.63. The number of carbonyl (C=O) groups is 12. The van der Waals surface area contributed by atoms with Crippen LogP contribution in [0.1, 0.15) is 71.6 Å². The van der Waals surface area contributed by atoms with Crippen molar-refractivity contribution in [1.82, 2.24) is 68.1 Å². The molecule has 0 spiro atoms. The second-order valence-corrected chi connectivity index (χ2v) is 20.5. The van der Waals surface area contributed by atoms with Crippen molar-refractivity contribution in [2.75, 3.05) is 38.2 Å². The highest BCUT2D eigenvalue weighted by Crippen LogP contribution is 2.20. The molecule has 3 rings (SSSR count). The molecule has 19 N–H and O–H groups in total. The van der Waals surface area contributed by atoms with Crippen LogP contribution in [0.4, 0.5) is 0 Å². The first-order valence-corrected chi connectivity index (χ1v) is 27.1. The third-order valence-electron chi connectivity index (χ3n) is 12.2. The Morgan fingerprint density at radius 3 is 1.79 bits per heavy atom. The van der Waals surface area contributed by atoms with E-state index in [1.165, 1.54) is 31.2 Å². The molecule has 1 aromatic carbocycles. The number of rotatable bonds is 35. The Morgan fingerprint density at radius 1 is 0.625 bits per heavy atom. The summed E-state index contributed by atoms with van der Waals surface area (Å²) in [5.41, 5.74) is 17.8. The Morgan fingerprint density at radius 2 is 1.20 bits per heavy atom. The van der Waals surface area contributed by atoms with E-state index in [1.807, 2.05) is 20.1 Å². The molecule has 2 aromatic heterocycles. The number of nitrogens with two attached hydrogens (primary N) is 3. The predicted octanol–water partition coefficient (Wildman–Crippen LogP) is -5.04. The van der Waals surface area contributed by atoms with Gasteiger partial charge in [-0.2, -0.15) is 11.8 Å². The molecule has 80 heavy (non-hydrogen) atoms. The summed E-state index contributed by atoms with van der Waals surface area (Å²) in [6, 6.07) is -3.41. The number of amides is 12. The Hall–Kier alpha value is -8.12. The number of hydrogen-bond acceptors (Lipinski definition) is 16. The zero-order valence-electron chi connectivity index (χ0n) is 45.5. The van der Waals surface area contributed by atoms with Gasteiger partial charge in [0.05, 0.1) is 32.6 Å². The zero-order valence-corrected chi connectivity index (χ0v) is 46.3. The van der Waals surface area contributed by atoms with Gasteiger partial charge in [-0.1, -0.05) is 45.9 Å². The first kappa shape index (κ1) is 66.2. The van der Waals surface area contributed by atoms with Gasteiger partial charge in [0.1, 0.15) is 48.3 Å². The predicted molar refractivity (Wildman–Crippen MR) is 292 cm³/mol. The second-order valence-electron chi connectivity index (χ2n) is 19.5. The molecule has 0 radical (unpaired) electrons. The average molecular weight is 1140 g/mol. The number of thioether (sulfide) groups is 1. The summed E-state index contributed by atoms with van der Waals surface area (Å²) < 4.78 is 0. The van der Waals surface area contributed by atoms with Crippen molar-refractivity contribution >= 4 is 93.6 Å². The normalized spacial score (nSPS) is 14.1. The molecule has 0 saturated carbocycles. The van der Waals surface area contributed by atoms with Gasteiger partial charge < -0.3 is 85.4 Å². The van der Waals surface area contributed by atoms with Gasteiger partial charge in [-0.05, 0) is 61.7 Å². The summed E-state index contributed by atoms with van der Waals surface area (Å²) in [6.45, 7) is 5.46. The van der Waals surface area contributed by atoms with Crippen LogP contribution in [0.3, 0.4) is 0 Å². The highest BCUT2D eigenvalue weighted by molar-refractivity contribution is 7.98. The zero-order chi connectivity index (χ0) is 59.6. The molecule has 0 aliphatic rings. The van der Waals surface area contributed by atoms with Crippen molar-refractivity contribution in [3.8, 4) is 0 Å². The lowest BCUT2D eigenvalue weighted by Gasteiger charge is -2.26. The van der Waals surface area contributed by atoms with Gasteiger partial charge in [-0.25, -0.2) is 4.98 Å². The molecular weight excluding hydrogens is 1060 g/mol. The van der Waals surface area contributed by atoms with Crippen LogP contribution >= 0.6 is 11.8 Å². The summed E-state index contributed by atoms with van der Waals surface area (Å²) in [4.78, 5) is 167. The fourth-order valence-corrected chi connectivity index (χ4v) is 8.32. The Kier molecular flexibility index (Phi) is 27.6. The summed E-state index contributed by atoms with van der Waals surface area (Å²) in [7, 11) is 0. The summed E-state index contributed by atoms with van der Waals surface area (Å²) in [5, 5.41) is 35.0. The standard InChI is InChI=1S/C50H76N16O13S/c1-25(2)15-34(48(77)63-32(43(53)72)13-14-80-6)64-49(78)36(17-29-20-54-24-58-29)61-41(71)22-57-50(79)42(26(3)4)66-44(73)27(5)59-47(76)35(16-28-19-55-31-10-8-7-9-30(28)31)65-46(75)33(11-12-38(52)68)60-40(70)21-56-45(74)37(23-67)62-39(69)18-51/h7-10,19-20,24-27,32-37,42,55,67H,11-18,21-23,51H2,1-6H3,(H2,52,68)(H2,53,72)(H,54,58)(H,56,74)(H,57,79)(H,59,76)(H,60,70)(H,61,71)(H,62,69)(H,63,77)(H,64,78)(H,65,75)(H,66,73)/t27-,32+,33-,34-,35-,36-,37-,42-/m0/s1. The highest BCUT2D eigenvalue weighted by atomic mass is 32.2. The third-order valence-corrected chi connectivity index (χ3v) is 12.8. The van der Waals surface area contributed by atoms with E-state index in [-0.39, 0.29) is 38.0 Å². The van der Waals surface area contributed by atoms with Gasteiger partial charge in [0.25, 0.3) is 0 Å². The highest BCUT2D eigenvalue weighted by Gasteiger charge is 2.34. The van der Waals surface area contributed by atoms with Crippen LogP contribution in [-0.4, -0.2) is 178 Å². The molecule has 0 bridgehead atoms. The maximum Gasteiger partial charge on any atom is 0.245 e. The van der Waals surface area contributed by atoms with Crippen LogP contribution in [0.2, 0.25) is 0 Å². The minimum atomic E-state index is -1.51. The lowest BCUT2D eigenvalue weighted by molar-refractivity contribution is -0.135. The molecule has 0 fully saturated rings. The summed E-state index contributed by atoms with van der Waals surface area (Å²) >= 11 is 1.46. The molecule has 12 amide bonds. The van der Waals surface area contributed by atoms with Crippen LogP contribution in [-0.2, 0) is 70.4 Å². The number of aromatic nitrogens is 3. The van der Waals surface area contributed by atoms with E-state index in [2.05, 4.69) is 68.1 Å². The Labute approximate surface area is 465 Å². The number of nitrogens with zero attached hydrogens (tertiary/aromatic N) is 1. The molecule has 3 aromatic rings. The fraction of sp³-hybridized carbons (Fsp3) is 0.540. The lowest BCUT2D eigenvalue weighted by atomic mass is 10.0. The second kappa shape index (κ2) is 33.3. The lowest BCUT2D eigenvalue weighted by Crippen LogP contribution is -2.59. The van der Waals surface area contributed by atoms with E-state index >= 15 is 0 Å². The number of aromatic amines is 2. The first-order valence-electron chi connectivity index (χ1n) is 25.7. The van der Waals surface area contributed by atoms with E-state index in [0.717, 1.165) is 0 Å². The number of primary amides is 2. The van der Waals surface area contributed by atoms with Crippen molar-refractivity contribution in [3.63, 3.8) is 0 Å². The number of benzene rings is 1. The minimum absolute atomic E-state index is 0.0945. The Bertz CT molecular complexity index is 2630. The number of aliphatic hydroxyl groups is 1. The third kappa shape index (κ3) is 22.3. The minimum Gasteiger partial charge on any atom is -0.394 e. The fourth-order valence-electron chi connectivity index (χ4n) is 7.85. The van der Waals surface area contributed by atoms with Crippen molar-refractivity contribution in [2.45, 2.75) is 121 Å². The maximum atomic E-state index is 14.2. The molecule has 8 atom stereocenters. The van der Waals surface area contributed by atoms with Crippen molar-refractivity contribution in [1.29, 1.82) is 0 Å². The topological polar surface area (TPSA) is 468 Å². The van der Waals surface area contributed by atoms with Gasteiger partial charge in [-0.3, -0.25) is 57.5 Å². The van der Waals surface area contributed by atoms with Gasteiger partial charge >= 0.3 is 0 Å². The van der Waals surface area contributed by atoms with Crippen LogP contribution in [0, 0.1) is 11.8 Å². The average Bonchev–Trinajstić information content (AvgIpc) is 4.09. The van der Waals surface area contributed by atoms with Crippen LogP contribution < -0.4 is 70.4 Å². The number of aliphatic hydroxyl groups excluding tert-OH is 1. The van der Waals surface area contributed by atoms with E-state index in [0.29, 0.717) is 27.9 Å². The molecule has 0 aliphatic carbocycles. The van der Waals surface area contributed by atoms with Crippen molar-refractivity contribution in [3.05, 3.63) is 54.2 Å². The van der Waals surface area contributed by atoms with Crippen LogP contribution in [0.25, 0.3) is 10.9 Å². The molecule has 440 valence electrons. The molecule has 0 aliphatic heterocycles. The SMILES string of the molecule is CSCC[C@@H](NC(=O)[C@H](CC(C)C)NC(=O)[C@H](Cc1cnc[nH]1)NC(=O)CNC(=O)[C@@H](NC(=O)[C@H](C)NC(=O)[C@H](Cc1c[nH]c2ccccc12)NC(=O)[C@H](CCC(N)=O)NC(=O)CNC(=O)[C@H](CO)NC(=O)CN)C(C)C)C(N)=O. The molecule has 0 unspecified atom stereocenters. The number of nitrogens with one attached hydrogen (secondary N) is 12. The Balaban J connectivity index is 1.76.